The highest BCUT2D eigenvalue weighted by Gasteiger charge is 2.33. The van der Waals surface area contributed by atoms with E-state index < -0.39 is 0 Å². The molecule has 1 N–H and O–H groups in total. The zero-order valence-corrected chi connectivity index (χ0v) is 10.4. The van der Waals surface area contributed by atoms with Gasteiger partial charge in [0.25, 0.3) is 0 Å². The van der Waals surface area contributed by atoms with Crippen LogP contribution in [0.3, 0.4) is 0 Å². The molecule has 4 heteroatoms. The van der Waals surface area contributed by atoms with Crippen LogP contribution in [0.1, 0.15) is 6.92 Å². The lowest BCUT2D eigenvalue weighted by Gasteiger charge is -2.39. The Morgan fingerprint density at radius 3 is 2.43 bits per heavy atom. The van der Waals surface area contributed by atoms with E-state index in [4.69, 9.17) is 4.74 Å². The number of hydrogen-bond acceptors (Lipinski definition) is 4. The zero-order chi connectivity index (χ0) is 9.86. The van der Waals surface area contributed by atoms with Crippen LogP contribution >= 0.6 is 23.5 Å². The highest BCUT2D eigenvalue weighted by molar-refractivity contribution is 8.03. The Labute approximate surface area is 94.9 Å². The van der Waals surface area contributed by atoms with Crippen LogP contribution in [0.25, 0.3) is 0 Å². The minimum absolute atomic E-state index is 0.418. The Morgan fingerprint density at radius 2 is 1.93 bits per heavy atom. The van der Waals surface area contributed by atoms with Gasteiger partial charge in [-0.05, 0) is 0 Å². The molecule has 2 fully saturated rings. The summed E-state index contributed by atoms with van der Waals surface area (Å²) in [4.78, 5) is 0. The molecule has 2 rings (SSSR count). The van der Waals surface area contributed by atoms with Crippen molar-refractivity contribution >= 4 is 23.5 Å². The molecule has 0 amide bonds. The van der Waals surface area contributed by atoms with Crippen molar-refractivity contribution in [3.63, 3.8) is 0 Å². The normalized spacial score (nSPS) is 28.1. The van der Waals surface area contributed by atoms with Crippen molar-refractivity contribution in [1.29, 1.82) is 0 Å². The van der Waals surface area contributed by atoms with E-state index in [9.17, 15) is 0 Å². The average molecular weight is 233 g/mol. The summed E-state index contributed by atoms with van der Waals surface area (Å²) in [5, 5.41) is 3.68. The summed E-state index contributed by atoms with van der Waals surface area (Å²) in [5.74, 6) is 5.21. The zero-order valence-electron chi connectivity index (χ0n) is 8.75. The predicted octanol–water partition coefficient (Wildman–Crippen LogP) is 1.46. The van der Waals surface area contributed by atoms with Gasteiger partial charge in [-0.1, -0.05) is 6.92 Å². The third-order valence-electron chi connectivity index (χ3n) is 2.73. The van der Waals surface area contributed by atoms with E-state index in [-0.39, 0.29) is 0 Å². The van der Waals surface area contributed by atoms with Crippen LogP contribution in [-0.4, -0.2) is 48.8 Å². The Hall–Kier alpha value is 0.620. The maximum atomic E-state index is 5.25. The van der Waals surface area contributed by atoms with Crippen molar-refractivity contribution in [2.75, 3.05) is 42.8 Å². The molecular weight excluding hydrogens is 214 g/mol. The van der Waals surface area contributed by atoms with Crippen LogP contribution in [0.4, 0.5) is 0 Å². The summed E-state index contributed by atoms with van der Waals surface area (Å²) in [7, 11) is 0. The van der Waals surface area contributed by atoms with Crippen molar-refractivity contribution in [3.05, 3.63) is 0 Å². The van der Waals surface area contributed by atoms with Crippen molar-refractivity contribution < 1.29 is 4.74 Å². The van der Waals surface area contributed by atoms with E-state index in [1.807, 2.05) is 0 Å². The summed E-state index contributed by atoms with van der Waals surface area (Å²) in [6.07, 6.45) is 0. The molecule has 0 aromatic carbocycles. The van der Waals surface area contributed by atoms with Crippen LogP contribution in [0, 0.1) is 5.41 Å². The first-order chi connectivity index (χ1) is 6.79. The van der Waals surface area contributed by atoms with Crippen molar-refractivity contribution in [1.82, 2.24) is 5.32 Å². The summed E-state index contributed by atoms with van der Waals surface area (Å²) in [6.45, 7) is 5.30. The lowest BCUT2D eigenvalue weighted by atomic mass is 9.88. The second kappa shape index (κ2) is 5.10. The predicted molar refractivity (Wildman–Crippen MR) is 65.4 cm³/mol. The van der Waals surface area contributed by atoms with Crippen molar-refractivity contribution in [3.8, 4) is 0 Å². The Kier molecular flexibility index (Phi) is 4.05. The molecule has 2 aliphatic rings. The van der Waals surface area contributed by atoms with Crippen LogP contribution in [-0.2, 0) is 4.74 Å². The number of ether oxygens (including phenoxy) is 1. The minimum atomic E-state index is 0.418. The first-order valence-electron chi connectivity index (χ1n) is 5.25. The van der Waals surface area contributed by atoms with Gasteiger partial charge in [0.2, 0.25) is 0 Å². The second-order valence-electron chi connectivity index (χ2n) is 4.53. The third kappa shape index (κ3) is 3.05. The highest BCUT2D eigenvalue weighted by Crippen LogP contribution is 2.26. The molecule has 0 spiro atoms. The third-order valence-corrected chi connectivity index (χ3v) is 5.25. The molecule has 0 saturated carbocycles. The van der Waals surface area contributed by atoms with Gasteiger partial charge in [0.05, 0.1) is 13.2 Å². The van der Waals surface area contributed by atoms with Gasteiger partial charge < -0.3 is 10.1 Å². The van der Waals surface area contributed by atoms with E-state index in [0.29, 0.717) is 11.5 Å². The van der Waals surface area contributed by atoms with E-state index in [2.05, 4.69) is 35.8 Å². The molecule has 0 aromatic rings. The quantitative estimate of drug-likeness (QED) is 0.796. The van der Waals surface area contributed by atoms with Crippen LogP contribution in [0.5, 0.6) is 0 Å². The SMILES string of the molecule is CC1(CNC2CSCCSC2)COC1. The fourth-order valence-electron chi connectivity index (χ4n) is 1.68. The molecule has 0 radical (unpaired) electrons. The topological polar surface area (TPSA) is 21.3 Å². The second-order valence-corrected chi connectivity index (χ2v) is 6.83. The van der Waals surface area contributed by atoms with Gasteiger partial charge in [-0.3, -0.25) is 0 Å². The monoisotopic (exact) mass is 233 g/mol. The number of thioether (sulfide) groups is 2. The molecular formula is C10H19NOS2. The maximum absolute atomic E-state index is 5.25. The van der Waals surface area contributed by atoms with Crippen molar-refractivity contribution in [2.45, 2.75) is 13.0 Å². The van der Waals surface area contributed by atoms with Crippen LogP contribution in [0.15, 0.2) is 0 Å². The largest absolute Gasteiger partial charge is 0.380 e. The van der Waals surface area contributed by atoms with E-state index in [1.54, 1.807) is 0 Å². The summed E-state index contributed by atoms with van der Waals surface area (Å²) in [5.41, 5.74) is 0.418. The number of rotatable bonds is 3. The molecule has 0 aliphatic carbocycles. The average Bonchev–Trinajstić information content (AvgIpc) is 2.40. The first-order valence-corrected chi connectivity index (χ1v) is 7.56. The van der Waals surface area contributed by atoms with E-state index >= 15 is 0 Å². The van der Waals surface area contributed by atoms with Gasteiger partial charge in [-0.25, -0.2) is 0 Å². The highest BCUT2D eigenvalue weighted by atomic mass is 32.2. The standard InChI is InChI=1S/C10H19NOS2/c1-10(7-12-8-10)6-11-9-4-13-2-3-14-5-9/h9,11H,2-8H2,1H3. The van der Waals surface area contributed by atoms with Gasteiger partial charge in [-0.2, -0.15) is 23.5 Å². The van der Waals surface area contributed by atoms with Gasteiger partial charge in [0.15, 0.2) is 0 Å². The van der Waals surface area contributed by atoms with Crippen LogP contribution < -0.4 is 5.32 Å². The lowest BCUT2D eigenvalue weighted by Crippen LogP contribution is -2.50. The minimum Gasteiger partial charge on any atom is -0.380 e. The summed E-state index contributed by atoms with van der Waals surface area (Å²) >= 11 is 4.17. The molecule has 0 aromatic heterocycles. The Balaban J connectivity index is 1.68. The van der Waals surface area contributed by atoms with Crippen molar-refractivity contribution in [2.24, 2.45) is 5.41 Å². The molecule has 0 bridgehead atoms. The fourth-order valence-corrected chi connectivity index (χ4v) is 4.14. The van der Waals surface area contributed by atoms with Crippen LogP contribution in [0.2, 0.25) is 0 Å². The number of hydrogen-bond donors (Lipinski definition) is 1. The fraction of sp³-hybridized carbons (Fsp3) is 1.00. The Morgan fingerprint density at radius 1 is 1.29 bits per heavy atom. The van der Waals surface area contributed by atoms with E-state index in [1.165, 1.54) is 23.0 Å². The number of nitrogens with one attached hydrogen (secondary N) is 1. The molecule has 0 atom stereocenters. The molecule has 2 nitrogen and oxygen atoms in total. The smallest absolute Gasteiger partial charge is 0.0554 e. The first kappa shape index (κ1) is 11.1. The van der Waals surface area contributed by atoms with Gasteiger partial charge in [0.1, 0.15) is 0 Å². The summed E-state index contributed by atoms with van der Waals surface area (Å²) in [6, 6.07) is 0.713. The van der Waals surface area contributed by atoms with E-state index in [0.717, 1.165) is 19.8 Å². The van der Waals surface area contributed by atoms with Gasteiger partial charge in [0, 0.05) is 41.0 Å². The van der Waals surface area contributed by atoms with Gasteiger partial charge >= 0.3 is 0 Å². The molecule has 14 heavy (non-hydrogen) atoms. The molecule has 2 saturated heterocycles. The molecule has 2 aliphatic heterocycles. The lowest BCUT2D eigenvalue weighted by molar-refractivity contribution is -0.0995. The molecule has 82 valence electrons. The van der Waals surface area contributed by atoms with Gasteiger partial charge in [-0.15, -0.1) is 0 Å². The maximum Gasteiger partial charge on any atom is 0.0554 e. The summed E-state index contributed by atoms with van der Waals surface area (Å²) < 4.78 is 5.25. The Bertz CT molecular complexity index is 177. The molecule has 2 heterocycles. The molecule has 0 unspecified atom stereocenters.